The standard InChI is InChI=1S/C12H14N2O6S/c1-8-10(13-2-4-21(19,20)5-3-13)6-9(12(15)16)7-11(8)14(17)18/h6-7H,2-5H2,1H3,(H,15,16). The van der Waals surface area contributed by atoms with Crippen molar-refractivity contribution in [2.24, 2.45) is 0 Å². The van der Waals surface area contributed by atoms with Crippen molar-refractivity contribution in [3.05, 3.63) is 33.4 Å². The van der Waals surface area contributed by atoms with Gasteiger partial charge < -0.3 is 10.0 Å². The summed E-state index contributed by atoms with van der Waals surface area (Å²) in [6.07, 6.45) is 0. The summed E-state index contributed by atoms with van der Waals surface area (Å²) in [6.45, 7) is 1.93. The van der Waals surface area contributed by atoms with Crippen molar-refractivity contribution in [2.75, 3.05) is 29.5 Å². The fourth-order valence-electron chi connectivity index (χ4n) is 2.28. The van der Waals surface area contributed by atoms with E-state index in [4.69, 9.17) is 5.11 Å². The minimum absolute atomic E-state index is 0.0441. The maximum atomic E-state index is 11.4. The molecule has 1 fully saturated rings. The van der Waals surface area contributed by atoms with Crippen LogP contribution in [0.3, 0.4) is 0 Å². The van der Waals surface area contributed by atoms with Gasteiger partial charge in [-0.2, -0.15) is 0 Å². The third kappa shape index (κ3) is 3.13. The van der Waals surface area contributed by atoms with Gasteiger partial charge in [0.15, 0.2) is 9.84 Å². The van der Waals surface area contributed by atoms with Gasteiger partial charge in [0.05, 0.1) is 27.6 Å². The maximum Gasteiger partial charge on any atom is 0.336 e. The third-order valence-corrected chi connectivity index (χ3v) is 5.09. The first-order valence-corrected chi connectivity index (χ1v) is 8.01. The number of sulfone groups is 1. The molecule has 0 aliphatic carbocycles. The molecule has 0 radical (unpaired) electrons. The van der Waals surface area contributed by atoms with Crippen molar-refractivity contribution in [1.29, 1.82) is 0 Å². The minimum Gasteiger partial charge on any atom is -0.478 e. The van der Waals surface area contributed by atoms with Crippen molar-refractivity contribution in [2.45, 2.75) is 6.92 Å². The molecule has 9 heteroatoms. The molecule has 0 amide bonds. The van der Waals surface area contributed by atoms with Gasteiger partial charge in [0.25, 0.3) is 5.69 Å². The second-order valence-electron chi connectivity index (χ2n) is 4.84. The second-order valence-corrected chi connectivity index (χ2v) is 7.14. The van der Waals surface area contributed by atoms with Gasteiger partial charge in [-0.25, -0.2) is 13.2 Å². The Balaban J connectivity index is 2.48. The number of carbonyl (C=O) groups is 1. The normalized spacial score (nSPS) is 17.5. The Morgan fingerprint density at radius 2 is 1.90 bits per heavy atom. The highest BCUT2D eigenvalue weighted by Gasteiger charge is 2.26. The fourth-order valence-corrected chi connectivity index (χ4v) is 3.48. The molecule has 1 aromatic rings. The van der Waals surface area contributed by atoms with E-state index in [1.165, 1.54) is 13.0 Å². The predicted octanol–water partition coefficient (Wildman–Crippen LogP) is 0.836. The minimum atomic E-state index is -3.08. The molecule has 114 valence electrons. The van der Waals surface area contributed by atoms with Crippen LogP contribution < -0.4 is 4.90 Å². The SMILES string of the molecule is Cc1c(N2CCS(=O)(=O)CC2)cc(C(=O)O)cc1[N+](=O)[O-]. The number of nitro benzene ring substituents is 1. The van der Waals surface area contributed by atoms with E-state index in [1.807, 2.05) is 0 Å². The molecule has 0 atom stereocenters. The lowest BCUT2D eigenvalue weighted by atomic mass is 10.1. The predicted molar refractivity (Wildman–Crippen MR) is 75.7 cm³/mol. The Hall–Kier alpha value is -2.16. The number of aromatic carboxylic acids is 1. The zero-order valence-corrected chi connectivity index (χ0v) is 12.1. The van der Waals surface area contributed by atoms with Crippen LogP contribution in [0.2, 0.25) is 0 Å². The largest absolute Gasteiger partial charge is 0.478 e. The molecule has 0 aromatic heterocycles. The number of benzene rings is 1. The number of nitrogens with zero attached hydrogens (tertiary/aromatic N) is 2. The molecule has 1 heterocycles. The van der Waals surface area contributed by atoms with Crippen LogP contribution in [0, 0.1) is 17.0 Å². The van der Waals surface area contributed by atoms with E-state index in [0.717, 1.165) is 6.07 Å². The van der Waals surface area contributed by atoms with E-state index in [0.29, 0.717) is 11.3 Å². The first-order valence-electron chi connectivity index (χ1n) is 6.19. The zero-order valence-electron chi connectivity index (χ0n) is 11.3. The van der Waals surface area contributed by atoms with E-state index < -0.39 is 20.7 Å². The zero-order chi connectivity index (χ0) is 15.8. The van der Waals surface area contributed by atoms with E-state index in [-0.39, 0.29) is 35.8 Å². The van der Waals surface area contributed by atoms with Crippen LogP contribution >= 0.6 is 0 Å². The second kappa shape index (κ2) is 5.32. The van der Waals surface area contributed by atoms with Gasteiger partial charge >= 0.3 is 5.97 Å². The summed E-state index contributed by atoms with van der Waals surface area (Å²) in [4.78, 5) is 23.2. The Morgan fingerprint density at radius 3 is 2.38 bits per heavy atom. The van der Waals surface area contributed by atoms with Crippen molar-refractivity contribution in [3.8, 4) is 0 Å². The Bertz CT molecular complexity index is 699. The molecule has 0 bridgehead atoms. The lowest BCUT2D eigenvalue weighted by molar-refractivity contribution is -0.385. The summed E-state index contributed by atoms with van der Waals surface area (Å²) in [5.41, 5.74) is 0.273. The van der Waals surface area contributed by atoms with Crippen molar-refractivity contribution >= 4 is 27.2 Å². The highest BCUT2D eigenvalue weighted by Crippen LogP contribution is 2.31. The van der Waals surface area contributed by atoms with Crippen LogP contribution in [0.25, 0.3) is 0 Å². The third-order valence-electron chi connectivity index (χ3n) is 3.48. The fraction of sp³-hybridized carbons (Fsp3) is 0.417. The summed E-state index contributed by atoms with van der Waals surface area (Å²) in [5.74, 6) is -1.35. The average molecular weight is 314 g/mol. The van der Waals surface area contributed by atoms with E-state index in [2.05, 4.69) is 0 Å². The van der Waals surface area contributed by atoms with Crippen LogP contribution in [-0.4, -0.2) is 49.0 Å². The monoisotopic (exact) mass is 314 g/mol. The molecule has 2 rings (SSSR count). The number of nitro groups is 1. The number of rotatable bonds is 3. The Labute approximate surface area is 121 Å². The van der Waals surface area contributed by atoms with Crippen LogP contribution in [-0.2, 0) is 9.84 Å². The molecular formula is C12H14N2O6S. The van der Waals surface area contributed by atoms with Gasteiger partial charge in [-0.3, -0.25) is 10.1 Å². The number of carboxylic acids is 1. The molecule has 1 saturated heterocycles. The molecule has 1 aromatic carbocycles. The van der Waals surface area contributed by atoms with Crippen molar-refractivity contribution in [1.82, 2.24) is 0 Å². The van der Waals surface area contributed by atoms with Crippen LogP contribution in [0.5, 0.6) is 0 Å². The molecular weight excluding hydrogens is 300 g/mol. The van der Waals surface area contributed by atoms with Gasteiger partial charge in [-0.15, -0.1) is 0 Å². The first-order chi connectivity index (χ1) is 9.71. The highest BCUT2D eigenvalue weighted by molar-refractivity contribution is 7.91. The molecule has 1 aliphatic heterocycles. The van der Waals surface area contributed by atoms with E-state index in [9.17, 15) is 23.3 Å². The molecule has 0 spiro atoms. The summed E-state index contributed by atoms with van der Waals surface area (Å²) in [6, 6.07) is 2.37. The Kier molecular flexibility index (Phi) is 3.86. The van der Waals surface area contributed by atoms with Crippen molar-refractivity contribution in [3.63, 3.8) is 0 Å². The summed E-state index contributed by atoms with van der Waals surface area (Å²) < 4.78 is 22.9. The van der Waals surface area contributed by atoms with E-state index >= 15 is 0 Å². The lowest BCUT2D eigenvalue weighted by Crippen LogP contribution is -2.40. The van der Waals surface area contributed by atoms with Gasteiger partial charge in [-0.1, -0.05) is 0 Å². The smallest absolute Gasteiger partial charge is 0.336 e. The van der Waals surface area contributed by atoms with Gasteiger partial charge in [0.1, 0.15) is 0 Å². The molecule has 1 N–H and O–H groups in total. The average Bonchev–Trinajstić information content (AvgIpc) is 2.38. The van der Waals surface area contributed by atoms with Gasteiger partial charge in [-0.05, 0) is 13.0 Å². The summed E-state index contributed by atoms with van der Waals surface area (Å²) in [5, 5.41) is 20.1. The molecule has 0 unspecified atom stereocenters. The van der Waals surface area contributed by atoms with Crippen LogP contribution in [0.15, 0.2) is 12.1 Å². The number of carboxylic acid groups (broad SMARTS) is 1. The molecule has 1 aliphatic rings. The quantitative estimate of drug-likeness (QED) is 0.648. The summed E-state index contributed by atoms with van der Waals surface area (Å²) in [7, 11) is -3.08. The maximum absolute atomic E-state index is 11.4. The van der Waals surface area contributed by atoms with Crippen LogP contribution in [0.1, 0.15) is 15.9 Å². The molecule has 21 heavy (non-hydrogen) atoms. The van der Waals surface area contributed by atoms with Crippen LogP contribution in [0.4, 0.5) is 11.4 Å². The number of hydrogen-bond donors (Lipinski definition) is 1. The number of anilines is 1. The molecule has 8 nitrogen and oxygen atoms in total. The van der Waals surface area contributed by atoms with E-state index in [1.54, 1.807) is 4.90 Å². The molecule has 0 saturated carbocycles. The highest BCUT2D eigenvalue weighted by atomic mass is 32.2. The topological polar surface area (TPSA) is 118 Å². The van der Waals surface area contributed by atoms with Crippen molar-refractivity contribution < 1.29 is 23.2 Å². The van der Waals surface area contributed by atoms with Gasteiger partial charge in [0.2, 0.25) is 0 Å². The first kappa shape index (κ1) is 15.2. The summed E-state index contributed by atoms with van der Waals surface area (Å²) >= 11 is 0. The van der Waals surface area contributed by atoms with Gasteiger partial charge in [0, 0.05) is 24.8 Å². The number of hydrogen-bond acceptors (Lipinski definition) is 6. The lowest BCUT2D eigenvalue weighted by Gasteiger charge is -2.30. The Morgan fingerprint density at radius 1 is 1.33 bits per heavy atom.